The molecule has 1 amide bonds. The van der Waals surface area contributed by atoms with Gasteiger partial charge in [0.15, 0.2) is 11.4 Å². The number of alkyl halides is 1. The van der Waals surface area contributed by atoms with Gasteiger partial charge < -0.3 is 35.8 Å². The van der Waals surface area contributed by atoms with Crippen molar-refractivity contribution < 1.29 is 39.1 Å². The number of rotatable bonds is 5. The molecule has 11 nitrogen and oxygen atoms in total. The van der Waals surface area contributed by atoms with Crippen molar-refractivity contribution in [2.45, 2.75) is 55.8 Å². The van der Waals surface area contributed by atoms with E-state index in [1.54, 1.807) is 19.0 Å². The Morgan fingerprint density at radius 3 is 2.44 bits per heavy atom. The Morgan fingerprint density at radius 2 is 1.85 bits per heavy atom. The number of ether oxygens (including phenoxy) is 1. The van der Waals surface area contributed by atoms with Crippen molar-refractivity contribution in [3.63, 3.8) is 0 Å². The third-order valence-corrected chi connectivity index (χ3v) is 9.68. The summed E-state index contributed by atoms with van der Waals surface area (Å²) in [5.41, 5.74) is 5.17. The summed E-state index contributed by atoms with van der Waals surface area (Å²) in [6, 6.07) is 1.04. The number of epoxide rings is 1. The number of likely N-dealkylation sites (N-methyl/N-ethyl adjacent to an activating group) is 1. The Labute approximate surface area is 237 Å². The summed E-state index contributed by atoms with van der Waals surface area (Å²) >= 11 is 0. The topological polar surface area (TPSA) is 163 Å². The van der Waals surface area contributed by atoms with Gasteiger partial charge >= 0.3 is 0 Å². The number of phenolic OH excluding ortho intramolecular Hbond substituents is 1. The number of anilines is 1. The molecule has 5 atom stereocenters. The lowest BCUT2D eigenvalue weighted by Gasteiger charge is -2.46. The van der Waals surface area contributed by atoms with E-state index in [1.165, 1.54) is 0 Å². The number of amides is 1. The molecule has 3 aliphatic carbocycles. The largest absolute Gasteiger partial charge is 0.510 e. The highest BCUT2D eigenvalue weighted by atomic mass is 19.1. The van der Waals surface area contributed by atoms with Crippen LogP contribution in [0.4, 0.5) is 10.1 Å². The maximum Gasteiger partial charge on any atom is 0.253 e. The molecule has 0 radical (unpaired) electrons. The van der Waals surface area contributed by atoms with Crippen LogP contribution < -0.4 is 10.6 Å². The first-order valence-corrected chi connectivity index (χ1v) is 14.0. The third kappa shape index (κ3) is 3.70. The fraction of sp³-hybridized carbons (Fsp3) is 0.586. The second-order valence-corrected chi connectivity index (χ2v) is 12.5. The fourth-order valence-corrected chi connectivity index (χ4v) is 7.78. The van der Waals surface area contributed by atoms with E-state index in [0.29, 0.717) is 50.0 Å². The van der Waals surface area contributed by atoms with Crippen LogP contribution in [-0.4, -0.2) is 107 Å². The molecule has 1 unspecified atom stereocenters. The SMILES string of the molecule is CN(C)c1cc(CN2CCC(F)CC2)c(O)c2c1C[C@H]1C[C@H]3[C@@H](N(C)C)C(O)=C(C(N)=O)C4(O)O[C@]34C(O)=C1C2=O. The number of carbonyl (C=O) groups is 2. The lowest BCUT2D eigenvalue weighted by Crippen LogP contribution is -2.57. The first-order valence-electron chi connectivity index (χ1n) is 14.0. The van der Waals surface area contributed by atoms with Gasteiger partial charge in [-0.25, -0.2) is 4.39 Å². The van der Waals surface area contributed by atoms with Crippen molar-refractivity contribution in [3.8, 4) is 5.75 Å². The van der Waals surface area contributed by atoms with Crippen molar-refractivity contribution in [1.82, 2.24) is 9.80 Å². The Morgan fingerprint density at radius 1 is 1.20 bits per heavy atom. The molecule has 12 heteroatoms. The molecule has 0 aromatic heterocycles. The third-order valence-electron chi connectivity index (χ3n) is 9.68. The van der Waals surface area contributed by atoms with E-state index in [1.807, 2.05) is 30.0 Å². The molecule has 2 heterocycles. The molecule has 2 saturated heterocycles. The van der Waals surface area contributed by atoms with Gasteiger partial charge in [-0.2, -0.15) is 0 Å². The Bertz CT molecular complexity index is 1420. The molecule has 5 aliphatic rings. The van der Waals surface area contributed by atoms with Crippen LogP contribution >= 0.6 is 0 Å². The number of hydrogen-bond donors (Lipinski definition) is 5. The van der Waals surface area contributed by atoms with E-state index < -0.39 is 64.2 Å². The number of benzene rings is 1. The van der Waals surface area contributed by atoms with Crippen LogP contribution in [0.1, 0.15) is 40.7 Å². The summed E-state index contributed by atoms with van der Waals surface area (Å²) in [6.07, 6.45) is 0.536. The minimum atomic E-state index is -2.38. The summed E-state index contributed by atoms with van der Waals surface area (Å²) in [7, 11) is 7.09. The lowest BCUT2D eigenvalue weighted by atomic mass is 9.60. The zero-order valence-electron chi connectivity index (χ0n) is 23.6. The highest BCUT2D eigenvalue weighted by Gasteiger charge is 2.84. The molecule has 1 aromatic rings. The molecule has 1 spiro atoms. The van der Waals surface area contributed by atoms with Gasteiger partial charge in [-0.15, -0.1) is 0 Å². The number of Topliss-reactive ketones (excluding diaryl/α,β-unsaturated/α-hetero) is 1. The normalized spacial score (nSPS) is 33.3. The number of aliphatic hydroxyl groups excluding tert-OH is 2. The lowest BCUT2D eigenvalue weighted by molar-refractivity contribution is -0.117. The summed E-state index contributed by atoms with van der Waals surface area (Å²) in [5.74, 6) is -6.38. The Balaban J connectivity index is 1.48. The molecule has 2 fully saturated rings. The van der Waals surface area contributed by atoms with Crippen molar-refractivity contribution in [2.75, 3.05) is 46.2 Å². The molecule has 6 rings (SSSR count). The zero-order chi connectivity index (χ0) is 29.8. The van der Waals surface area contributed by atoms with Gasteiger partial charge in [-0.3, -0.25) is 19.4 Å². The summed E-state index contributed by atoms with van der Waals surface area (Å²) < 4.78 is 19.5. The van der Waals surface area contributed by atoms with Gasteiger partial charge in [-0.1, -0.05) is 0 Å². The highest BCUT2D eigenvalue weighted by Crippen LogP contribution is 2.68. The van der Waals surface area contributed by atoms with Crippen LogP contribution in [0.15, 0.2) is 28.7 Å². The minimum absolute atomic E-state index is 0.0165. The first-order chi connectivity index (χ1) is 19.2. The van der Waals surface area contributed by atoms with Gasteiger partial charge in [0.05, 0.1) is 11.6 Å². The number of carbonyl (C=O) groups excluding carboxylic acids is 2. The standard InChI is InChI=1S/C29H37FN4O7/c1-32(2)18-11-14(12-34-7-5-15(30)6-8-34)23(35)20-16(18)9-13-10-17-22(33(3)4)25(37)21(27(31)39)29(40)28(17,41-29)26(38)19(13)24(20)36/h11,13,15,17,22,35,37-38,40H,5-10,12H2,1-4H3,(H2,31,39)/t13-,17-,22+,28-,29?/m0/s1. The molecular formula is C29H37FN4O7. The smallest absolute Gasteiger partial charge is 0.253 e. The average Bonchev–Trinajstić information content (AvgIpc) is 3.51. The quantitative estimate of drug-likeness (QED) is 0.325. The molecule has 0 bridgehead atoms. The predicted molar refractivity (Wildman–Crippen MR) is 146 cm³/mol. The number of aliphatic hydroxyl groups is 3. The van der Waals surface area contributed by atoms with Gasteiger partial charge in [0.1, 0.15) is 29.0 Å². The number of nitrogens with zero attached hydrogens (tertiary/aromatic N) is 3. The Hall–Kier alpha value is -3.19. The number of ketones is 1. The second kappa shape index (κ2) is 9.15. The number of piperidine rings is 1. The maximum atomic E-state index is 14.2. The molecule has 1 aromatic carbocycles. The molecule has 2 aliphatic heterocycles. The average molecular weight is 573 g/mol. The zero-order valence-corrected chi connectivity index (χ0v) is 23.6. The maximum absolute atomic E-state index is 14.2. The van der Waals surface area contributed by atoms with E-state index in [0.717, 1.165) is 5.69 Å². The van der Waals surface area contributed by atoms with E-state index in [2.05, 4.69) is 0 Å². The van der Waals surface area contributed by atoms with Crippen LogP contribution in [0.3, 0.4) is 0 Å². The van der Waals surface area contributed by atoms with Crippen molar-refractivity contribution in [2.24, 2.45) is 17.6 Å². The summed E-state index contributed by atoms with van der Waals surface area (Å²) in [5, 5.41) is 45.7. The minimum Gasteiger partial charge on any atom is -0.510 e. The van der Waals surface area contributed by atoms with Crippen LogP contribution in [0, 0.1) is 11.8 Å². The van der Waals surface area contributed by atoms with Crippen LogP contribution in [0.25, 0.3) is 0 Å². The van der Waals surface area contributed by atoms with Crippen molar-refractivity contribution >= 4 is 17.4 Å². The van der Waals surface area contributed by atoms with Gasteiger partial charge in [0, 0.05) is 56.5 Å². The van der Waals surface area contributed by atoms with Crippen LogP contribution in [-0.2, 0) is 22.5 Å². The molecular weight excluding hydrogens is 535 g/mol. The van der Waals surface area contributed by atoms with Crippen LogP contribution in [0.5, 0.6) is 5.75 Å². The molecule has 41 heavy (non-hydrogen) atoms. The van der Waals surface area contributed by atoms with Crippen LogP contribution in [0.2, 0.25) is 0 Å². The number of halogens is 1. The number of aromatic hydroxyl groups is 1. The summed E-state index contributed by atoms with van der Waals surface area (Å²) in [6.45, 7) is 1.40. The first kappa shape index (κ1) is 28.0. The Kier molecular flexibility index (Phi) is 6.24. The van der Waals surface area contributed by atoms with Gasteiger partial charge in [0.2, 0.25) is 5.79 Å². The van der Waals surface area contributed by atoms with Gasteiger partial charge in [-0.05, 0) is 57.3 Å². The predicted octanol–water partition coefficient (Wildman–Crippen LogP) is 1.28. The highest BCUT2D eigenvalue weighted by molar-refractivity contribution is 6.14. The second-order valence-electron chi connectivity index (χ2n) is 12.5. The number of fused-ring (bicyclic) bond motifs is 2. The van der Waals surface area contributed by atoms with E-state index >= 15 is 0 Å². The number of primary amides is 1. The number of allylic oxidation sites excluding steroid dienone is 1. The monoisotopic (exact) mass is 572 g/mol. The molecule has 0 saturated carbocycles. The van der Waals surface area contributed by atoms with Crippen molar-refractivity contribution in [3.05, 3.63) is 45.4 Å². The van der Waals surface area contributed by atoms with Crippen molar-refractivity contribution in [1.29, 1.82) is 0 Å². The van der Waals surface area contributed by atoms with E-state index in [9.17, 15) is 34.4 Å². The van der Waals surface area contributed by atoms with E-state index in [-0.39, 0.29) is 23.3 Å². The number of likely N-dealkylation sites (tertiary alicyclic amines) is 1. The van der Waals surface area contributed by atoms with E-state index in [4.69, 9.17) is 10.5 Å². The summed E-state index contributed by atoms with van der Waals surface area (Å²) in [4.78, 5) is 32.1. The number of hydrogen-bond acceptors (Lipinski definition) is 10. The number of nitrogens with two attached hydrogens (primary N) is 1. The molecule has 6 N–H and O–H groups in total. The molecule has 222 valence electrons. The fourth-order valence-electron chi connectivity index (χ4n) is 7.78. The number of phenols is 1. The van der Waals surface area contributed by atoms with Gasteiger partial charge in [0.25, 0.3) is 5.91 Å².